The number of hydrogen-bond donors (Lipinski definition) is 0. The zero-order chi connectivity index (χ0) is 23.4. The molecule has 0 unspecified atom stereocenters. The highest BCUT2D eigenvalue weighted by Crippen LogP contribution is 2.30. The molecule has 1 aliphatic heterocycles. The van der Waals surface area contributed by atoms with E-state index in [1.165, 1.54) is 37.5 Å². The van der Waals surface area contributed by atoms with E-state index in [1.54, 1.807) is 24.3 Å². The number of benzene rings is 3. The molecule has 6 heteroatoms. The third-order valence-electron chi connectivity index (χ3n) is 5.89. The van der Waals surface area contributed by atoms with Crippen LogP contribution in [0.5, 0.6) is 5.75 Å². The number of halogens is 2. The third kappa shape index (κ3) is 5.29. The first kappa shape index (κ1) is 22.7. The molecule has 170 valence electrons. The van der Waals surface area contributed by atoms with Crippen molar-refractivity contribution >= 4 is 17.5 Å². The molecule has 0 spiro atoms. The summed E-state index contributed by atoms with van der Waals surface area (Å²) >= 11 is 0. The summed E-state index contributed by atoms with van der Waals surface area (Å²) in [7, 11) is 3.54. The molecule has 1 heterocycles. The van der Waals surface area contributed by atoms with Gasteiger partial charge in [0.15, 0.2) is 5.78 Å². The van der Waals surface area contributed by atoms with E-state index in [9.17, 15) is 13.6 Å². The third-order valence-corrected chi connectivity index (χ3v) is 5.89. The van der Waals surface area contributed by atoms with Gasteiger partial charge in [0.2, 0.25) is 0 Å². The van der Waals surface area contributed by atoms with E-state index in [-0.39, 0.29) is 11.6 Å². The van der Waals surface area contributed by atoms with Gasteiger partial charge < -0.3 is 14.5 Å². The SMILES string of the molecule is COc1ccc(/C=C/C(=O)c2cc(-c3cccc(F)c3)ccc2N2CCN(C)CC2)c(F)c1. The van der Waals surface area contributed by atoms with Crippen molar-refractivity contribution in [2.24, 2.45) is 0 Å². The molecule has 1 fully saturated rings. The quantitative estimate of drug-likeness (QED) is 0.379. The van der Waals surface area contributed by atoms with Crippen LogP contribution in [0.3, 0.4) is 0 Å². The lowest BCUT2D eigenvalue weighted by atomic mass is 9.98. The second kappa shape index (κ2) is 9.96. The second-order valence-corrected chi connectivity index (χ2v) is 8.12. The van der Waals surface area contributed by atoms with Crippen molar-refractivity contribution in [2.75, 3.05) is 45.2 Å². The minimum Gasteiger partial charge on any atom is -0.497 e. The number of nitrogens with zero attached hydrogens (tertiary/aromatic N) is 2. The first-order valence-corrected chi connectivity index (χ1v) is 10.8. The molecule has 1 aliphatic rings. The number of carbonyl (C=O) groups excluding carboxylic acids is 1. The van der Waals surface area contributed by atoms with E-state index < -0.39 is 5.82 Å². The van der Waals surface area contributed by atoms with E-state index in [0.29, 0.717) is 22.4 Å². The van der Waals surface area contributed by atoms with Crippen molar-refractivity contribution in [3.63, 3.8) is 0 Å². The number of ketones is 1. The van der Waals surface area contributed by atoms with Crippen LogP contribution >= 0.6 is 0 Å². The first-order valence-electron chi connectivity index (χ1n) is 10.8. The Kier molecular flexibility index (Phi) is 6.84. The summed E-state index contributed by atoms with van der Waals surface area (Å²) in [6, 6.07) is 16.4. The number of anilines is 1. The molecular formula is C27H26F2N2O2. The number of ether oxygens (including phenoxy) is 1. The Bertz CT molecular complexity index is 1180. The molecule has 0 atom stereocenters. The van der Waals surface area contributed by atoms with Crippen LogP contribution < -0.4 is 9.64 Å². The fraction of sp³-hybridized carbons (Fsp3) is 0.222. The maximum absolute atomic E-state index is 14.3. The van der Waals surface area contributed by atoms with Gasteiger partial charge in [-0.3, -0.25) is 4.79 Å². The molecule has 0 bridgehead atoms. The lowest BCUT2D eigenvalue weighted by Gasteiger charge is -2.35. The van der Waals surface area contributed by atoms with Gasteiger partial charge in [-0.05, 0) is 66.7 Å². The molecule has 33 heavy (non-hydrogen) atoms. The van der Waals surface area contributed by atoms with Gasteiger partial charge in [-0.1, -0.05) is 18.2 Å². The Hall–Kier alpha value is -3.51. The Balaban J connectivity index is 1.70. The van der Waals surface area contributed by atoms with Crippen molar-refractivity contribution < 1.29 is 18.3 Å². The van der Waals surface area contributed by atoms with Gasteiger partial charge in [-0.15, -0.1) is 0 Å². The summed E-state index contributed by atoms with van der Waals surface area (Å²) in [5, 5.41) is 0. The van der Waals surface area contributed by atoms with Crippen LogP contribution in [-0.4, -0.2) is 51.0 Å². The fourth-order valence-corrected chi connectivity index (χ4v) is 3.93. The number of likely N-dealkylation sites (N-methyl/N-ethyl adjacent to an activating group) is 1. The molecule has 0 N–H and O–H groups in total. The Labute approximate surface area is 192 Å². The summed E-state index contributed by atoms with van der Waals surface area (Å²) in [6.07, 6.45) is 2.86. The zero-order valence-corrected chi connectivity index (χ0v) is 18.7. The number of piperazine rings is 1. The van der Waals surface area contributed by atoms with Gasteiger partial charge in [0.25, 0.3) is 0 Å². The number of hydrogen-bond acceptors (Lipinski definition) is 4. The van der Waals surface area contributed by atoms with Gasteiger partial charge in [0.05, 0.1) is 7.11 Å². The van der Waals surface area contributed by atoms with Gasteiger partial charge >= 0.3 is 0 Å². The van der Waals surface area contributed by atoms with E-state index in [4.69, 9.17) is 4.74 Å². The number of carbonyl (C=O) groups is 1. The molecular weight excluding hydrogens is 422 g/mol. The lowest BCUT2D eigenvalue weighted by molar-refractivity contribution is 0.104. The van der Waals surface area contributed by atoms with Crippen LogP contribution in [0.2, 0.25) is 0 Å². The number of rotatable bonds is 6. The van der Waals surface area contributed by atoms with Gasteiger partial charge in [-0.25, -0.2) is 8.78 Å². The summed E-state index contributed by atoms with van der Waals surface area (Å²) in [5.74, 6) is -0.627. The topological polar surface area (TPSA) is 32.8 Å². The average Bonchev–Trinajstić information content (AvgIpc) is 2.83. The summed E-state index contributed by atoms with van der Waals surface area (Å²) in [4.78, 5) is 17.7. The lowest BCUT2D eigenvalue weighted by Crippen LogP contribution is -2.45. The van der Waals surface area contributed by atoms with E-state index >= 15 is 0 Å². The summed E-state index contributed by atoms with van der Waals surface area (Å²) in [5.41, 5.74) is 3.07. The van der Waals surface area contributed by atoms with E-state index in [1.807, 2.05) is 18.2 Å². The molecule has 4 nitrogen and oxygen atoms in total. The second-order valence-electron chi connectivity index (χ2n) is 8.12. The molecule has 4 rings (SSSR count). The zero-order valence-electron chi connectivity index (χ0n) is 18.7. The number of methoxy groups -OCH3 is 1. The van der Waals surface area contributed by atoms with Crippen LogP contribution in [0.1, 0.15) is 15.9 Å². The van der Waals surface area contributed by atoms with Crippen molar-refractivity contribution in [1.29, 1.82) is 0 Å². The van der Waals surface area contributed by atoms with Gasteiger partial charge in [0, 0.05) is 49.1 Å². The molecule has 0 radical (unpaired) electrons. The van der Waals surface area contributed by atoms with Crippen LogP contribution in [0, 0.1) is 11.6 Å². The summed E-state index contributed by atoms with van der Waals surface area (Å²) in [6.45, 7) is 3.39. The Morgan fingerprint density at radius 3 is 2.39 bits per heavy atom. The molecule has 0 aromatic heterocycles. The highest BCUT2D eigenvalue weighted by molar-refractivity contribution is 6.11. The minimum absolute atomic E-state index is 0.239. The largest absolute Gasteiger partial charge is 0.497 e. The van der Waals surface area contributed by atoms with Crippen LogP contribution in [0.25, 0.3) is 17.2 Å². The fourth-order valence-electron chi connectivity index (χ4n) is 3.93. The van der Waals surface area contributed by atoms with Gasteiger partial charge in [0.1, 0.15) is 17.4 Å². The monoisotopic (exact) mass is 448 g/mol. The highest BCUT2D eigenvalue weighted by atomic mass is 19.1. The molecule has 0 amide bonds. The highest BCUT2D eigenvalue weighted by Gasteiger charge is 2.20. The maximum atomic E-state index is 14.3. The molecule has 0 aliphatic carbocycles. The molecule has 3 aromatic carbocycles. The predicted octanol–water partition coefficient (Wildman–Crippen LogP) is 5.29. The van der Waals surface area contributed by atoms with E-state index in [2.05, 4.69) is 16.8 Å². The first-order chi connectivity index (χ1) is 15.9. The van der Waals surface area contributed by atoms with Crippen molar-refractivity contribution in [1.82, 2.24) is 4.90 Å². The van der Waals surface area contributed by atoms with Crippen LogP contribution in [-0.2, 0) is 0 Å². The van der Waals surface area contributed by atoms with Crippen LogP contribution in [0.4, 0.5) is 14.5 Å². The number of allylic oxidation sites excluding steroid dienone is 1. The van der Waals surface area contributed by atoms with E-state index in [0.717, 1.165) is 37.4 Å². The molecule has 0 saturated carbocycles. The van der Waals surface area contributed by atoms with Crippen molar-refractivity contribution in [3.05, 3.63) is 89.5 Å². The molecule has 3 aromatic rings. The summed E-state index contributed by atoms with van der Waals surface area (Å²) < 4.78 is 33.1. The van der Waals surface area contributed by atoms with Gasteiger partial charge in [-0.2, -0.15) is 0 Å². The molecule has 1 saturated heterocycles. The normalized spacial score (nSPS) is 14.6. The predicted molar refractivity (Wildman–Crippen MR) is 128 cm³/mol. The Morgan fingerprint density at radius 2 is 1.70 bits per heavy atom. The smallest absolute Gasteiger partial charge is 0.187 e. The standard InChI is InChI=1S/C27H26F2N2O2/c1-30-12-14-31(15-13-30)26-10-7-21(20-4-3-5-22(28)16-20)17-24(26)27(32)11-8-19-6-9-23(33-2)18-25(19)29/h3-11,16-18H,12-15H2,1-2H3/b11-8+. The Morgan fingerprint density at radius 1 is 0.939 bits per heavy atom. The maximum Gasteiger partial charge on any atom is 0.187 e. The minimum atomic E-state index is -0.466. The average molecular weight is 449 g/mol. The van der Waals surface area contributed by atoms with Crippen LogP contribution in [0.15, 0.2) is 66.7 Å². The van der Waals surface area contributed by atoms with Crippen molar-refractivity contribution in [3.8, 4) is 16.9 Å². The van der Waals surface area contributed by atoms with Crippen molar-refractivity contribution in [2.45, 2.75) is 0 Å².